The molecule has 1 amide bonds. The Morgan fingerprint density at radius 2 is 2.10 bits per heavy atom. The number of nitrogens with zero attached hydrogens (tertiary/aromatic N) is 4. The Balaban J connectivity index is 1.52. The Morgan fingerprint density at radius 1 is 1.30 bits per heavy atom. The van der Waals surface area contributed by atoms with E-state index in [1.54, 1.807) is 12.3 Å². The fraction of sp³-hybridized carbons (Fsp3) is 0.538. The second-order valence-electron chi connectivity index (χ2n) is 5.45. The highest BCUT2D eigenvalue weighted by Gasteiger charge is 2.39. The fourth-order valence-electron chi connectivity index (χ4n) is 3.27. The third kappa shape index (κ3) is 1.93. The molecule has 0 spiro atoms. The molecule has 1 saturated heterocycles. The molecule has 2 aliphatic rings. The van der Waals surface area contributed by atoms with Gasteiger partial charge in [0, 0.05) is 19.3 Å². The Labute approximate surface area is 120 Å². The standard InChI is InChI=1S/C13H14N4O2S/c18-13(17-6-8-2-1-3-9(8)7-17)12-16-15-11(19-12)10-4-5-14-20-10/h4-5,8-9H,1-3,6-7H2/t8-,9+. The molecule has 2 fully saturated rings. The first kappa shape index (κ1) is 12.0. The molecule has 1 saturated carbocycles. The van der Waals surface area contributed by atoms with Gasteiger partial charge in [0.15, 0.2) is 0 Å². The van der Waals surface area contributed by atoms with E-state index >= 15 is 0 Å². The summed E-state index contributed by atoms with van der Waals surface area (Å²) >= 11 is 1.28. The quantitative estimate of drug-likeness (QED) is 0.846. The molecule has 4 rings (SSSR count). The molecule has 2 aromatic heterocycles. The highest BCUT2D eigenvalue weighted by molar-refractivity contribution is 7.09. The normalized spacial score (nSPS) is 25.1. The number of fused-ring (bicyclic) bond motifs is 1. The van der Waals surface area contributed by atoms with Crippen molar-refractivity contribution in [2.75, 3.05) is 13.1 Å². The van der Waals surface area contributed by atoms with Crippen LogP contribution in [0.1, 0.15) is 29.9 Å². The maximum Gasteiger partial charge on any atom is 0.311 e. The molecule has 0 unspecified atom stereocenters. The van der Waals surface area contributed by atoms with E-state index in [4.69, 9.17) is 4.42 Å². The van der Waals surface area contributed by atoms with Gasteiger partial charge in [0.25, 0.3) is 5.89 Å². The largest absolute Gasteiger partial charge is 0.411 e. The first-order chi connectivity index (χ1) is 9.81. The van der Waals surface area contributed by atoms with E-state index in [-0.39, 0.29) is 11.8 Å². The number of rotatable bonds is 2. The van der Waals surface area contributed by atoms with E-state index in [2.05, 4.69) is 14.6 Å². The van der Waals surface area contributed by atoms with E-state index in [0.717, 1.165) is 18.0 Å². The van der Waals surface area contributed by atoms with Crippen LogP contribution in [0.2, 0.25) is 0 Å². The van der Waals surface area contributed by atoms with Crippen molar-refractivity contribution in [2.24, 2.45) is 11.8 Å². The SMILES string of the molecule is O=C(c1nnc(-c2ccns2)o1)N1C[C@H]2CCC[C@H]2C1. The molecular weight excluding hydrogens is 276 g/mol. The van der Waals surface area contributed by atoms with Gasteiger partial charge in [-0.2, -0.15) is 0 Å². The van der Waals surface area contributed by atoms with Crippen molar-refractivity contribution in [3.63, 3.8) is 0 Å². The summed E-state index contributed by atoms with van der Waals surface area (Å²) in [5, 5.41) is 7.81. The van der Waals surface area contributed by atoms with Gasteiger partial charge >= 0.3 is 11.8 Å². The van der Waals surface area contributed by atoms with Crippen LogP contribution in [-0.2, 0) is 0 Å². The van der Waals surface area contributed by atoms with Crippen LogP contribution in [0.15, 0.2) is 16.7 Å². The van der Waals surface area contributed by atoms with E-state index in [1.807, 2.05) is 4.90 Å². The summed E-state index contributed by atoms with van der Waals surface area (Å²) in [6.45, 7) is 1.67. The zero-order chi connectivity index (χ0) is 13.5. The van der Waals surface area contributed by atoms with Crippen molar-refractivity contribution in [1.82, 2.24) is 19.5 Å². The van der Waals surface area contributed by atoms with Crippen molar-refractivity contribution in [2.45, 2.75) is 19.3 Å². The van der Waals surface area contributed by atoms with Gasteiger partial charge in [-0.05, 0) is 42.3 Å². The molecule has 3 heterocycles. The van der Waals surface area contributed by atoms with Gasteiger partial charge in [-0.1, -0.05) is 6.42 Å². The summed E-state index contributed by atoms with van der Waals surface area (Å²) < 4.78 is 9.47. The highest BCUT2D eigenvalue weighted by Crippen LogP contribution is 2.38. The van der Waals surface area contributed by atoms with Crippen molar-refractivity contribution in [3.8, 4) is 10.8 Å². The van der Waals surface area contributed by atoms with E-state index in [1.165, 1.54) is 30.8 Å². The molecule has 1 aliphatic carbocycles. The monoisotopic (exact) mass is 290 g/mol. The molecular formula is C13H14N4O2S. The number of hydrogen-bond donors (Lipinski definition) is 0. The molecule has 0 bridgehead atoms. The van der Waals surface area contributed by atoms with Crippen LogP contribution in [0.5, 0.6) is 0 Å². The van der Waals surface area contributed by atoms with Gasteiger partial charge in [0.2, 0.25) is 0 Å². The molecule has 0 N–H and O–H groups in total. The summed E-state index contributed by atoms with van der Waals surface area (Å²) in [5.41, 5.74) is 0. The highest BCUT2D eigenvalue weighted by atomic mass is 32.1. The average molecular weight is 290 g/mol. The minimum Gasteiger partial charge on any atom is -0.411 e. The van der Waals surface area contributed by atoms with E-state index < -0.39 is 0 Å². The molecule has 20 heavy (non-hydrogen) atoms. The lowest BCUT2D eigenvalue weighted by atomic mass is 10.0. The molecule has 6 nitrogen and oxygen atoms in total. The molecule has 0 aromatic carbocycles. The summed E-state index contributed by atoms with van der Waals surface area (Å²) in [6.07, 6.45) is 5.45. The molecule has 2 aromatic rings. The van der Waals surface area contributed by atoms with Crippen LogP contribution >= 0.6 is 11.5 Å². The van der Waals surface area contributed by atoms with Gasteiger partial charge < -0.3 is 9.32 Å². The number of carbonyl (C=O) groups excluding carboxylic acids is 1. The summed E-state index contributed by atoms with van der Waals surface area (Å²) in [4.78, 5) is 15.0. The number of amides is 1. The first-order valence-electron chi connectivity index (χ1n) is 6.85. The molecule has 1 aliphatic heterocycles. The maximum atomic E-state index is 12.4. The van der Waals surface area contributed by atoms with Gasteiger partial charge in [0.05, 0.1) is 0 Å². The summed E-state index contributed by atoms with van der Waals surface area (Å²) in [6, 6.07) is 1.80. The topological polar surface area (TPSA) is 72.1 Å². The van der Waals surface area contributed by atoms with E-state index in [9.17, 15) is 4.79 Å². The van der Waals surface area contributed by atoms with Gasteiger partial charge in [-0.25, -0.2) is 4.37 Å². The minimum absolute atomic E-state index is 0.0911. The number of likely N-dealkylation sites (tertiary alicyclic amines) is 1. The van der Waals surface area contributed by atoms with Crippen LogP contribution in [0, 0.1) is 11.8 Å². The number of hydrogen-bond acceptors (Lipinski definition) is 6. The average Bonchev–Trinajstić information content (AvgIpc) is 3.19. The zero-order valence-corrected chi connectivity index (χ0v) is 11.7. The van der Waals surface area contributed by atoms with Crippen LogP contribution in [0.25, 0.3) is 10.8 Å². The van der Waals surface area contributed by atoms with Gasteiger partial charge in [-0.15, -0.1) is 10.2 Å². The van der Waals surface area contributed by atoms with Gasteiger partial charge in [-0.3, -0.25) is 4.79 Å². The zero-order valence-electron chi connectivity index (χ0n) is 10.9. The van der Waals surface area contributed by atoms with Crippen molar-refractivity contribution in [3.05, 3.63) is 18.2 Å². The second kappa shape index (κ2) is 4.66. The van der Waals surface area contributed by atoms with E-state index in [0.29, 0.717) is 17.7 Å². The Hall–Kier alpha value is -1.76. The third-order valence-electron chi connectivity index (χ3n) is 4.27. The second-order valence-corrected chi connectivity index (χ2v) is 6.28. The molecule has 104 valence electrons. The van der Waals surface area contributed by atoms with Crippen molar-refractivity contribution in [1.29, 1.82) is 0 Å². The maximum absolute atomic E-state index is 12.4. The minimum atomic E-state index is -0.136. The predicted octanol–water partition coefficient (Wildman–Crippen LogP) is 2.07. The Bertz CT molecular complexity index is 612. The fourth-order valence-corrected chi connectivity index (χ4v) is 3.79. The number of carbonyl (C=O) groups is 1. The van der Waals surface area contributed by atoms with Crippen molar-refractivity contribution < 1.29 is 9.21 Å². The lowest BCUT2D eigenvalue weighted by Gasteiger charge is -2.14. The number of aromatic nitrogens is 3. The van der Waals surface area contributed by atoms with Gasteiger partial charge in [0.1, 0.15) is 4.88 Å². The summed E-state index contributed by atoms with van der Waals surface area (Å²) in [7, 11) is 0. The predicted molar refractivity (Wildman–Crippen MR) is 72.1 cm³/mol. The van der Waals surface area contributed by atoms with Crippen LogP contribution in [0.4, 0.5) is 0 Å². The lowest BCUT2D eigenvalue weighted by Crippen LogP contribution is -2.29. The van der Waals surface area contributed by atoms with Crippen LogP contribution in [0.3, 0.4) is 0 Å². The Morgan fingerprint density at radius 3 is 2.80 bits per heavy atom. The lowest BCUT2D eigenvalue weighted by molar-refractivity contribution is 0.0741. The summed E-state index contributed by atoms with van der Waals surface area (Å²) in [5.74, 6) is 1.66. The van der Waals surface area contributed by atoms with Crippen LogP contribution in [-0.4, -0.2) is 38.5 Å². The Kier molecular flexibility index (Phi) is 2.80. The molecule has 2 atom stereocenters. The molecule has 0 radical (unpaired) electrons. The molecule has 7 heteroatoms. The third-order valence-corrected chi connectivity index (χ3v) is 5.00. The van der Waals surface area contributed by atoms with Crippen molar-refractivity contribution >= 4 is 17.4 Å². The van der Waals surface area contributed by atoms with Crippen LogP contribution < -0.4 is 0 Å². The first-order valence-corrected chi connectivity index (χ1v) is 7.62. The smallest absolute Gasteiger partial charge is 0.311 e.